The highest BCUT2D eigenvalue weighted by molar-refractivity contribution is 8.23. The zero-order valence-corrected chi connectivity index (χ0v) is 19.4. The fourth-order valence-electron chi connectivity index (χ4n) is 2.09. The van der Waals surface area contributed by atoms with E-state index in [1.54, 1.807) is 20.8 Å². The van der Waals surface area contributed by atoms with E-state index in [0.29, 0.717) is 16.7 Å². The van der Waals surface area contributed by atoms with Gasteiger partial charge >= 0.3 is 13.6 Å². The summed E-state index contributed by atoms with van der Waals surface area (Å²) in [6, 6.07) is 0. The third-order valence-corrected chi connectivity index (χ3v) is 7.59. The summed E-state index contributed by atoms with van der Waals surface area (Å²) >= 11 is 6.64. The maximum atomic E-state index is 12.9. The van der Waals surface area contributed by atoms with Crippen molar-refractivity contribution in [2.24, 2.45) is 11.8 Å². The van der Waals surface area contributed by atoms with Gasteiger partial charge in [-0.1, -0.05) is 32.5 Å². The van der Waals surface area contributed by atoms with Crippen LogP contribution in [-0.2, 0) is 27.9 Å². The van der Waals surface area contributed by atoms with Crippen LogP contribution in [-0.4, -0.2) is 48.2 Å². The van der Waals surface area contributed by atoms with Crippen LogP contribution in [0.15, 0.2) is 0 Å². The van der Waals surface area contributed by atoms with Crippen molar-refractivity contribution in [1.29, 1.82) is 0 Å². The molecule has 6 nitrogen and oxygen atoms in total. The minimum atomic E-state index is -3.27. The number of carbonyl (C=O) groups is 1. The van der Waals surface area contributed by atoms with Gasteiger partial charge in [-0.05, 0) is 45.3 Å². The summed E-state index contributed by atoms with van der Waals surface area (Å²) in [5.74, 6) is -0.362. The number of ether oxygens (including phenoxy) is 2. The number of thiocarbonyl (C=S) groups is 1. The van der Waals surface area contributed by atoms with Gasteiger partial charge in [0, 0.05) is 5.25 Å². The van der Waals surface area contributed by atoms with Gasteiger partial charge in [-0.15, -0.1) is 0 Å². The fourth-order valence-corrected chi connectivity index (χ4v) is 6.08. The molecule has 3 unspecified atom stereocenters. The predicted octanol–water partition coefficient (Wildman–Crippen LogP) is 4.90. The summed E-state index contributed by atoms with van der Waals surface area (Å²) in [6.07, 6.45) is 0.556. The standard InChI is InChI=1S/C17H33O6PS2/c1-8-21-24(19,22-9-2)11-15(10-13(5)16(18)20-7)26-17(25)23-14(6)12(3)4/h12-15H,8-11H2,1-7H3. The number of thioether (sulfide) groups is 1. The Morgan fingerprint density at radius 2 is 1.65 bits per heavy atom. The first-order valence-electron chi connectivity index (χ1n) is 8.91. The molecule has 0 N–H and O–H groups in total. The van der Waals surface area contributed by atoms with E-state index in [1.807, 2.05) is 20.8 Å². The van der Waals surface area contributed by atoms with E-state index < -0.39 is 7.60 Å². The molecule has 9 heteroatoms. The van der Waals surface area contributed by atoms with Gasteiger partial charge in [-0.3, -0.25) is 9.36 Å². The molecule has 0 aliphatic rings. The van der Waals surface area contributed by atoms with E-state index in [9.17, 15) is 9.36 Å². The minimum Gasteiger partial charge on any atom is -0.475 e. The maximum absolute atomic E-state index is 12.9. The summed E-state index contributed by atoms with van der Waals surface area (Å²) in [5, 5.41) is -0.250. The highest BCUT2D eigenvalue weighted by Gasteiger charge is 2.32. The number of rotatable bonds is 12. The Hall–Kier alpha value is -0.140. The van der Waals surface area contributed by atoms with Gasteiger partial charge in [0.25, 0.3) is 0 Å². The van der Waals surface area contributed by atoms with Gasteiger partial charge in [-0.25, -0.2) is 0 Å². The normalized spacial score (nSPS) is 15.4. The number of hydrogen-bond acceptors (Lipinski definition) is 8. The molecule has 0 aliphatic carbocycles. The molecule has 0 bridgehead atoms. The Balaban J connectivity index is 5.18. The molecule has 0 aliphatic heterocycles. The van der Waals surface area contributed by atoms with E-state index in [1.165, 1.54) is 18.9 Å². The van der Waals surface area contributed by atoms with Crippen LogP contribution >= 0.6 is 31.6 Å². The molecule has 0 radical (unpaired) electrons. The van der Waals surface area contributed by atoms with Gasteiger partial charge in [0.2, 0.25) is 4.38 Å². The molecule has 0 heterocycles. The lowest BCUT2D eigenvalue weighted by atomic mass is 10.1. The summed E-state index contributed by atoms with van der Waals surface area (Å²) < 4.78 is 34.6. The molecule has 0 amide bonds. The summed E-state index contributed by atoms with van der Waals surface area (Å²) in [5.41, 5.74) is 0. The van der Waals surface area contributed by atoms with Crippen LogP contribution < -0.4 is 0 Å². The van der Waals surface area contributed by atoms with Crippen LogP contribution in [0.1, 0.15) is 48.0 Å². The van der Waals surface area contributed by atoms with Crippen molar-refractivity contribution < 1.29 is 27.9 Å². The van der Waals surface area contributed by atoms with Crippen LogP contribution in [0, 0.1) is 11.8 Å². The highest BCUT2D eigenvalue weighted by Crippen LogP contribution is 2.51. The lowest BCUT2D eigenvalue weighted by Crippen LogP contribution is -2.24. The van der Waals surface area contributed by atoms with Crippen LogP contribution in [0.2, 0.25) is 0 Å². The van der Waals surface area contributed by atoms with Gasteiger partial charge in [0.1, 0.15) is 0 Å². The second kappa shape index (κ2) is 13.1. The van der Waals surface area contributed by atoms with Gasteiger partial charge in [0.05, 0.1) is 38.5 Å². The maximum Gasteiger partial charge on any atom is 0.331 e. The number of hydrogen-bond donors (Lipinski definition) is 0. The molecule has 0 saturated carbocycles. The quantitative estimate of drug-likeness (QED) is 0.247. The Labute approximate surface area is 167 Å². The van der Waals surface area contributed by atoms with Crippen LogP contribution in [0.25, 0.3) is 0 Å². The van der Waals surface area contributed by atoms with Crippen molar-refractivity contribution in [2.45, 2.75) is 59.3 Å². The van der Waals surface area contributed by atoms with Crippen molar-refractivity contribution in [3.05, 3.63) is 0 Å². The smallest absolute Gasteiger partial charge is 0.331 e. The molecule has 154 valence electrons. The van der Waals surface area contributed by atoms with Crippen molar-refractivity contribution in [1.82, 2.24) is 0 Å². The molecule has 26 heavy (non-hydrogen) atoms. The third kappa shape index (κ3) is 10.3. The average molecular weight is 429 g/mol. The number of esters is 1. The summed E-state index contributed by atoms with van der Waals surface area (Å²) in [4.78, 5) is 11.8. The lowest BCUT2D eigenvalue weighted by Gasteiger charge is -2.25. The Morgan fingerprint density at radius 3 is 2.08 bits per heavy atom. The van der Waals surface area contributed by atoms with Crippen molar-refractivity contribution in [3.8, 4) is 0 Å². The largest absolute Gasteiger partial charge is 0.475 e. The monoisotopic (exact) mass is 428 g/mol. The topological polar surface area (TPSA) is 71.1 Å². The van der Waals surface area contributed by atoms with Gasteiger partial charge < -0.3 is 18.5 Å². The van der Waals surface area contributed by atoms with Crippen molar-refractivity contribution >= 4 is 41.9 Å². The average Bonchev–Trinajstić information content (AvgIpc) is 2.53. The zero-order chi connectivity index (χ0) is 20.3. The van der Waals surface area contributed by atoms with E-state index in [2.05, 4.69) is 0 Å². The molecule has 0 aromatic carbocycles. The number of methoxy groups -OCH3 is 1. The van der Waals surface area contributed by atoms with Crippen molar-refractivity contribution in [3.63, 3.8) is 0 Å². The first-order chi connectivity index (χ1) is 12.1. The highest BCUT2D eigenvalue weighted by atomic mass is 32.2. The Bertz CT molecular complexity index is 476. The number of carbonyl (C=O) groups excluding carboxylic acids is 1. The van der Waals surface area contributed by atoms with Crippen LogP contribution in [0.5, 0.6) is 0 Å². The molecule has 3 atom stereocenters. The predicted molar refractivity (Wildman–Crippen MR) is 111 cm³/mol. The molecule has 0 saturated heterocycles. The molecular weight excluding hydrogens is 395 g/mol. The molecule has 0 spiro atoms. The molecule has 0 rings (SSSR count). The van der Waals surface area contributed by atoms with Crippen LogP contribution in [0.3, 0.4) is 0 Å². The Kier molecular flexibility index (Phi) is 13.0. The SMILES string of the molecule is CCOP(=O)(CC(CC(C)C(=O)OC)SC(=S)OC(C)C(C)C)OCC. The van der Waals surface area contributed by atoms with E-state index >= 15 is 0 Å². The van der Waals surface area contributed by atoms with E-state index in [0.717, 1.165) is 0 Å². The second-order valence-corrected chi connectivity index (χ2v) is 10.4. The first-order valence-corrected chi connectivity index (χ1v) is 11.9. The summed E-state index contributed by atoms with van der Waals surface area (Å²) in [6.45, 7) is 11.9. The van der Waals surface area contributed by atoms with Crippen molar-refractivity contribution in [2.75, 3.05) is 26.5 Å². The third-order valence-electron chi connectivity index (χ3n) is 3.78. The minimum absolute atomic E-state index is 0.0285. The van der Waals surface area contributed by atoms with E-state index in [4.69, 9.17) is 30.7 Å². The van der Waals surface area contributed by atoms with Crippen LogP contribution in [0.4, 0.5) is 0 Å². The van der Waals surface area contributed by atoms with Gasteiger partial charge in [-0.2, -0.15) is 0 Å². The molecule has 0 aromatic heterocycles. The zero-order valence-electron chi connectivity index (χ0n) is 16.9. The summed E-state index contributed by atoms with van der Waals surface area (Å²) in [7, 11) is -1.92. The second-order valence-electron chi connectivity index (χ2n) is 6.35. The lowest BCUT2D eigenvalue weighted by molar-refractivity contribution is -0.145. The first kappa shape index (κ1) is 25.9. The molecular formula is C17H33O6PS2. The van der Waals surface area contributed by atoms with Gasteiger partial charge in [0.15, 0.2) is 0 Å². The van der Waals surface area contributed by atoms with E-state index in [-0.39, 0.29) is 42.6 Å². The Morgan fingerprint density at radius 1 is 1.12 bits per heavy atom. The fraction of sp³-hybridized carbons (Fsp3) is 0.882. The molecule has 0 fully saturated rings. The molecule has 0 aromatic rings.